The molecule has 0 saturated carbocycles. The van der Waals surface area contributed by atoms with Crippen LogP contribution in [0.2, 0.25) is 0 Å². The smallest absolute Gasteiger partial charge is 0.239 e. The molecule has 0 radical (unpaired) electrons. The zero-order valence-corrected chi connectivity index (χ0v) is 9.12. The largest absolute Gasteiger partial charge is 0.379 e. The number of nitrogens with one attached hydrogen (secondary N) is 3. The summed E-state index contributed by atoms with van der Waals surface area (Å²) in [5.41, 5.74) is 0. The molecule has 2 amide bonds. The summed E-state index contributed by atoms with van der Waals surface area (Å²) in [5.74, 6) is -0.124. The van der Waals surface area contributed by atoms with Crippen LogP contribution in [-0.2, 0) is 14.3 Å². The third-order valence-electron chi connectivity index (χ3n) is 2.84. The van der Waals surface area contributed by atoms with Gasteiger partial charge in [0.15, 0.2) is 0 Å². The van der Waals surface area contributed by atoms with Crippen molar-refractivity contribution in [3.8, 4) is 0 Å². The van der Waals surface area contributed by atoms with E-state index in [0.717, 1.165) is 19.4 Å². The lowest BCUT2D eigenvalue weighted by molar-refractivity contribution is -0.127. The van der Waals surface area contributed by atoms with E-state index in [-0.39, 0.29) is 30.4 Å². The molecule has 2 rings (SSSR count). The normalized spacial score (nSPS) is 30.6. The summed E-state index contributed by atoms with van der Waals surface area (Å²) >= 11 is 0. The van der Waals surface area contributed by atoms with Crippen molar-refractivity contribution in [1.29, 1.82) is 0 Å². The molecule has 3 N–H and O–H groups in total. The van der Waals surface area contributed by atoms with E-state index in [2.05, 4.69) is 16.0 Å². The molecule has 2 heterocycles. The fourth-order valence-corrected chi connectivity index (χ4v) is 1.91. The predicted octanol–water partition coefficient (Wildman–Crippen LogP) is -1.63. The van der Waals surface area contributed by atoms with E-state index in [1.807, 2.05) is 0 Å². The minimum absolute atomic E-state index is 0.0597. The molecule has 2 saturated heterocycles. The van der Waals surface area contributed by atoms with Crippen LogP contribution in [0, 0.1) is 0 Å². The van der Waals surface area contributed by atoms with Crippen LogP contribution in [0.1, 0.15) is 12.8 Å². The lowest BCUT2D eigenvalue weighted by atomic mass is 10.1. The average Bonchev–Trinajstić information content (AvgIpc) is 2.31. The Bertz CT molecular complexity index is 266. The minimum Gasteiger partial charge on any atom is -0.379 e. The fraction of sp³-hybridized carbons (Fsp3) is 0.800. The second kappa shape index (κ2) is 5.27. The van der Waals surface area contributed by atoms with Crippen LogP contribution in [-0.4, -0.2) is 50.2 Å². The first-order chi connectivity index (χ1) is 7.75. The Balaban J connectivity index is 1.76. The number of hydrogen-bond donors (Lipinski definition) is 3. The Morgan fingerprint density at radius 1 is 1.50 bits per heavy atom. The monoisotopic (exact) mass is 227 g/mol. The van der Waals surface area contributed by atoms with Crippen LogP contribution in [0.15, 0.2) is 0 Å². The number of carbonyl (C=O) groups is 2. The maximum Gasteiger partial charge on any atom is 0.239 e. The molecule has 16 heavy (non-hydrogen) atoms. The van der Waals surface area contributed by atoms with Crippen LogP contribution in [0.4, 0.5) is 0 Å². The van der Waals surface area contributed by atoms with Gasteiger partial charge in [-0.25, -0.2) is 0 Å². The molecule has 2 aliphatic rings. The Morgan fingerprint density at radius 3 is 3.00 bits per heavy atom. The second-order valence-electron chi connectivity index (χ2n) is 4.16. The summed E-state index contributed by atoms with van der Waals surface area (Å²) in [6.07, 6.45) is 1.95. The van der Waals surface area contributed by atoms with E-state index < -0.39 is 0 Å². The van der Waals surface area contributed by atoms with Gasteiger partial charge in [-0.05, 0) is 12.8 Å². The van der Waals surface area contributed by atoms with Crippen LogP contribution in [0.5, 0.6) is 0 Å². The molecule has 90 valence electrons. The third-order valence-corrected chi connectivity index (χ3v) is 2.84. The van der Waals surface area contributed by atoms with E-state index in [0.29, 0.717) is 13.2 Å². The van der Waals surface area contributed by atoms with Gasteiger partial charge in [0, 0.05) is 13.2 Å². The van der Waals surface area contributed by atoms with Gasteiger partial charge in [0.25, 0.3) is 0 Å². The summed E-state index contributed by atoms with van der Waals surface area (Å²) in [4.78, 5) is 22.7. The molecule has 0 aromatic heterocycles. The van der Waals surface area contributed by atoms with Gasteiger partial charge in [0.05, 0.1) is 19.2 Å². The van der Waals surface area contributed by atoms with Gasteiger partial charge in [-0.2, -0.15) is 0 Å². The Hall–Kier alpha value is -1.14. The second-order valence-corrected chi connectivity index (χ2v) is 4.16. The fourth-order valence-electron chi connectivity index (χ4n) is 1.91. The number of amides is 2. The molecular weight excluding hydrogens is 210 g/mol. The summed E-state index contributed by atoms with van der Waals surface area (Å²) in [6, 6.07) is -0.208. The number of piperazine rings is 1. The van der Waals surface area contributed by atoms with Gasteiger partial charge in [-0.3, -0.25) is 14.9 Å². The minimum atomic E-state index is -0.320. The summed E-state index contributed by atoms with van der Waals surface area (Å²) in [7, 11) is 0. The molecule has 0 aromatic carbocycles. The van der Waals surface area contributed by atoms with E-state index in [4.69, 9.17) is 4.74 Å². The van der Waals surface area contributed by atoms with Crippen molar-refractivity contribution in [3.05, 3.63) is 0 Å². The Kier molecular flexibility index (Phi) is 3.74. The number of hydrogen-bond acceptors (Lipinski definition) is 4. The Morgan fingerprint density at radius 2 is 2.38 bits per heavy atom. The zero-order valence-electron chi connectivity index (χ0n) is 9.12. The first kappa shape index (κ1) is 11.3. The van der Waals surface area contributed by atoms with Crippen molar-refractivity contribution in [2.45, 2.75) is 24.9 Å². The molecule has 6 heteroatoms. The maximum absolute atomic E-state index is 11.8. The van der Waals surface area contributed by atoms with Crippen molar-refractivity contribution in [2.24, 2.45) is 0 Å². The topological polar surface area (TPSA) is 79.5 Å². The number of rotatable bonds is 2. The van der Waals surface area contributed by atoms with Crippen molar-refractivity contribution in [2.75, 3.05) is 26.3 Å². The highest BCUT2D eigenvalue weighted by Gasteiger charge is 2.26. The van der Waals surface area contributed by atoms with Crippen molar-refractivity contribution < 1.29 is 14.3 Å². The number of ether oxygens (including phenoxy) is 1. The number of carbonyl (C=O) groups excluding carboxylic acids is 2. The van der Waals surface area contributed by atoms with Gasteiger partial charge < -0.3 is 15.4 Å². The first-order valence-electron chi connectivity index (χ1n) is 5.64. The summed E-state index contributed by atoms with van der Waals surface area (Å²) in [5, 5.41) is 8.48. The molecule has 0 aliphatic carbocycles. The highest BCUT2D eigenvalue weighted by Crippen LogP contribution is 2.06. The lowest BCUT2D eigenvalue weighted by Crippen LogP contribution is -2.59. The third kappa shape index (κ3) is 2.93. The molecule has 0 bridgehead atoms. The molecular formula is C10H17N3O3. The van der Waals surface area contributed by atoms with E-state index in [9.17, 15) is 9.59 Å². The molecule has 0 aromatic rings. The summed E-state index contributed by atoms with van der Waals surface area (Å²) < 4.78 is 5.28. The Labute approximate surface area is 94.1 Å². The van der Waals surface area contributed by atoms with Gasteiger partial charge in [0.1, 0.15) is 6.04 Å². The van der Waals surface area contributed by atoms with Gasteiger partial charge in [0.2, 0.25) is 11.8 Å². The molecule has 2 aliphatic heterocycles. The highest BCUT2D eigenvalue weighted by atomic mass is 16.5. The molecule has 0 spiro atoms. The molecule has 2 atom stereocenters. The van der Waals surface area contributed by atoms with Crippen LogP contribution in [0.3, 0.4) is 0 Å². The average molecular weight is 227 g/mol. The quantitative estimate of drug-likeness (QED) is 0.529. The van der Waals surface area contributed by atoms with Gasteiger partial charge in [-0.1, -0.05) is 0 Å². The van der Waals surface area contributed by atoms with E-state index in [1.165, 1.54) is 0 Å². The SMILES string of the molecule is O=C1CNC(C(=O)NC2CCCOC2)CN1. The van der Waals surface area contributed by atoms with Gasteiger partial charge in [-0.15, -0.1) is 0 Å². The maximum atomic E-state index is 11.8. The first-order valence-corrected chi connectivity index (χ1v) is 5.64. The van der Waals surface area contributed by atoms with E-state index in [1.54, 1.807) is 0 Å². The van der Waals surface area contributed by atoms with Crippen molar-refractivity contribution in [1.82, 2.24) is 16.0 Å². The molecule has 2 unspecified atom stereocenters. The molecule has 2 fully saturated rings. The van der Waals surface area contributed by atoms with Crippen molar-refractivity contribution in [3.63, 3.8) is 0 Å². The van der Waals surface area contributed by atoms with E-state index >= 15 is 0 Å². The standard InChI is InChI=1S/C10H17N3O3/c14-9-5-11-8(4-12-9)10(15)13-7-2-1-3-16-6-7/h7-8,11H,1-6H2,(H,12,14)(H,13,15). The molecule has 6 nitrogen and oxygen atoms in total. The van der Waals surface area contributed by atoms with Crippen LogP contribution < -0.4 is 16.0 Å². The van der Waals surface area contributed by atoms with Crippen LogP contribution in [0.25, 0.3) is 0 Å². The summed E-state index contributed by atoms with van der Waals surface area (Å²) in [6.45, 7) is 1.94. The zero-order chi connectivity index (χ0) is 11.4. The lowest BCUT2D eigenvalue weighted by Gasteiger charge is -2.28. The highest BCUT2D eigenvalue weighted by molar-refractivity contribution is 5.86. The van der Waals surface area contributed by atoms with Crippen LogP contribution >= 0.6 is 0 Å². The van der Waals surface area contributed by atoms with Crippen molar-refractivity contribution >= 4 is 11.8 Å². The predicted molar refractivity (Wildman–Crippen MR) is 56.8 cm³/mol. The van der Waals surface area contributed by atoms with Gasteiger partial charge >= 0.3 is 0 Å².